The monoisotopic (exact) mass is 241 g/mol. The molecule has 0 aromatic rings. The lowest BCUT2D eigenvalue weighted by Gasteiger charge is -2.33. The van der Waals surface area contributed by atoms with Crippen molar-refractivity contribution in [1.29, 1.82) is 0 Å². The fourth-order valence-corrected chi connectivity index (χ4v) is 2.15. The van der Waals surface area contributed by atoms with Crippen LogP contribution >= 0.6 is 0 Å². The SMILES string of the molecule is CCC1CN(CCN2C(=O)CNC2=O)CCO1. The third-order valence-electron chi connectivity index (χ3n) is 3.26. The van der Waals surface area contributed by atoms with E-state index in [0.717, 1.165) is 32.7 Å². The second-order valence-corrected chi connectivity index (χ2v) is 4.41. The van der Waals surface area contributed by atoms with Gasteiger partial charge in [0.2, 0.25) is 5.91 Å². The smallest absolute Gasteiger partial charge is 0.324 e. The van der Waals surface area contributed by atoms with Gasteiger partial charge in [-0.05, 0) is 6.42 Å². The minimum Gasteiger partial charge on any atom is -0.376 e. The lowest BCUT2D eigenvalue weighted by Crippen LogP contribution is -2.46. The minimum absolute atomic E-state index is 0.129. The first-order valence-corrected chi connectivity index (χ1v) is 6.13. The molecule has 2 aliphatic heterocycles. The molecule has 1 unspecified atom stereocenters. The number of hydrogen-bond acceptors (Lipinski definition) is 4. The average Bonchev–Trinajstić information content (AvgIpc) is 2.67. The Morgan fingerprint density at radius 1 is 1.41 bits per heavy atom. The van der Waals surface area contributed by atoms with E-state index in [1.165, 1.54) is 4.90 Å². The predicted molar refractivity (Wildman–Crippen MR) is 61.6 cm³/mol. The molecule has 17 heavy (non-hydrogen) atoms. The number of carbonyl (C=O) groups is 2. The second-order valence-electron chi connectivity index (χ2n) is 4.41. The first kappa shape index (κ1) is 12.3. The van der Waals surface area contributed by atoms with Crippen LogP contribution in [0.5, 0.6) is 0 Å². The maximum absolute atomic E-state index is 11.4. The van der Waals surface area contributed by atoms with Crippen LogP contribution < -0.4 is 5.32 Å². The van der Waals surface area contributed by atoms with E-state index in [9.17, 15) is 9.59 Å². The summed E-state index contributed by atoms with van der Waals surface area (Å²) in [5.41, 5.74) is 0. The number of morpholine rings is 1. The Balaban J connectivity index is 1.77. The van der Waals surface area contributed by atoms with Crippen molar-refractivity contribution in [2.75, 3.05) is 39.3 Å². The molecule has 0 aromatic heterocycles. The number of ether oxygens (including phenoxy) is 1. The summed E-state index contributed by atoms with van der Waals surface area (Å²) in [7, 11) is 0. The summed E-state index contributed by atoms with van der Waals surface area (Å²) in [4.78, 5) is 26.2. The Morgan fingerprint density at radius 2 is 2.24 bits per heavy atom. The highest BCUT2D eigenvalue weighted by Gasteiger charge is 2.29. The molecule has 0 saturated carbocycles. The van der Waals surface area contributed by atoms with E-state index in [1.54, 1.807) is 0 Å². The highest BCUT2D eigenvalue weighted by Crippen LogP contribution is 2.08. The predicted octanol–water partition coefficient (Wildman–Crippen LogP) is -0.351. The van der Waals surface area contributed by atoms with E-state index in [0.29, 0.717) is 6.54 Å². The van der Waals surface area contributed by atoms with E-state index in [2.05, 4.69) is 17.1 Å². The third-order valence-corrected chi connectivity index (χ3v) is 3.26. The summed E-state index contributed by atoms with van der Waals surface area (Å²) in [6, 6.07) is -0.268. The second kappa shape index (κ2) is 5.46. The Morgan fingerprint density at radius 3 is 2.88 bits per heavy atom. The van der Waals surface area contributed by atoms with Crippen LogP contribution in [0, 0.1) is 0 Å². The van der Waals surface area contributed by atoms with Crippen LogP contribution in [0.3, 0.4) is 0 Å². The highest BCUT2D eigenvalue weighted by atomic mass is 16.5. The maximum Gasteiger partial charge on any atom is 0.324 e. The van der Waals surface area contributed by atoms with Crippen LogP contribution in [0.4, 0.5) is 4.79 Å². The lowest BCUT2D eigenvalue weighted by molar-refractivity contribution is -0.125. The number of amides is 3. The number of urea groups is 1. The summed E-state index contributed by atoms with van der Waals surface area (Å²) in [5.74, 6) is -0.129. The van der Waals surface area contributed by atoms with Gasteiger partial charge < -0.3 is 10.1 Å². The van der Waals surface area contributed by atoms with Crippen molar-refractivity contribution in [3.05, 3.63) is 0 Å². The Hall–Kier alpha value is -1.14. The normalized spacial score (nSPS) is 26.4. The first-order valence-electron chi connectivity index (χ1n) is 6.13. The van der Waals surface area contributed by atoms with Crippen molar-refractivity contribution in [2.24, 2.45) is 0 Å². The zero-order valence-corrected chi connectivity index (χ0v) is 10.1. The van der Waals surface area contributed by atoms with Gasteiger partial charge in [-0.15, -0.1) is 0 Å². The number of hydrogen-bond donors (Lipinski definition) is 1. The molecule has 0 spiro atoms. The quantitative estimate of drug-likeness (QED) is 0.683. The number of nitrogens with zero attached hydrogens (tertiary/aromatic N) is 2. The van der Waals surface area contributed by atoms with Crippen LogP contribution in [0.2, 0.25) is 0 Å². The summed E-state index contributed by atoms with van der Waals surface area (Å²) >= 11 is 0. The van der Waals surface area contributed by atoms with Crippen molar-refractivity contribution < 1.29 is 14.3 Å². The minimum atomic E-state index is -0.268. The topological polar surface area (TPSA) is 61.9 Å². The molecule has 2 heterocycles. The molecule has 3 amide bonds. The van der Waals surface area contributed by atoms with Gasteiger partial charge in [0.25, 0.3) is 0 Å². The standard InChI is InChI=1S/C11H19N3O3/c1-2-9-8-13(5-6-17-9)3-4-14-10(15)7-12-11(14)16/h9H,2-8H2,1H3,(H,12,16). The summed E-state index contributed by atoms with van der Waals surface area (Å²) in [5, 5.41) is 2.52. The van der Waals surface area contributed by atoms with Crippen LogP contribution in [-0.2, 0) is 9.53 Å². The number of rotatable bonds is 4. The van der Waals surface area contributed by atoms with Crippen LogP contribution in [-0.4, -0.2) is 67.2 Å². The highest BCUT2D eigenvalue weighted by molar-refractivity contribution is 6.01. The van der Waals surface area contributed by atoms with Gasteiger partial charge in [0.1, 0.15) is 0 Å². The largest absolute Gasteiger partial charge is 0.376 e. The maximum atomic E-state index is 11.4. The molecule has 2 saturated heterocycles. The summed E-state index contributed by atoms with van der Waals surface area (Å²) < 4.78 is 5.57. The molecule has 6 nitrogen and oxygen atoms in total. The van der Waals surface area contributed by atoms with E-state index in [4.69, 9.17) is 4.74 Å². The number of nitrogens with one attached hydrogen (secondary N) is 1. The molecule has 0 aromatic carbocycles. The van der Waals surface area contributed by atoms with Crippen molar-refractivity contribution >= 4 is 11.9 Å². The number of imide groups is 1. The van der Waals surface area contributed by atoms with Gasteiger partial charge in [0.15, 0.2) is 0 Å². The van der Waals surface area contributed by atoms with Gasteiger partial charge in [0.05, 0.1) is 19.3 Å². The van der Waals surface area contributed by atoms with E-state index in [-0.39, 0.29) is 24.6 Å². The van der Waals surface area contributed by atoms with Gasteiger partial charge in [-0.2, -0.15) is 0 Å². The molecule has 2 rings (SSSR count). The van der Waals surface area contributed by atoms with Crippen LogP contribution in [0.15, 0.2) is 0 Å². The summed E-state index contributed by atoms with van der Waals surface area (Å²) in [6.07, 6.45) is 1.28. The van der Waals surface area contributed by atoms with E-state index in [1.807, 2.05) is 0 Å². The molecular weight excluding hydrogens is 222 g/mol. The van der Waals surface area contributed by atoms with Crippen molar-refractivity contribution in [1.82, 2.24) is 15.1 Å². The molecule has 1 atom stereocenters. The molecule has 1 N–H and O–H groups in total. The van der Waals surface area contributed by atoms with E-state index >= 15 is 0 Å². The fraction of sp³-hybridized carbons (Fsp3) is 0.818. The summed E-state index contributed by atoms with van der Waals surface area (Å²) in [6.45, 7) is 5.95. The molecule has 0 radical (unpaired) electrons. The Bertz CT molecular complexity index is 292. The average molecular weight is 241 g/mol. The van der Waals surface area contributed by atoms with Gasteiger partial charge in [-0.3, -0.25) is 14.6 Å². The molecule has 0 aliphatic carbocycles. The fourth-order valence-electron chi connectivity index (χ4n) is 2.15. The molecule has 2 fully saturated rings. The van der Waals surface area contributed by atoms with Crippen LogP contribution in [0.25, 0.3) is 0 Å². The van der Waals surface area contributed by atoms with E-state index < -0.39 is 0 Å². The van der Waals surface area contributed by atoms with Gasteiger partial charge in [-0.25, -0.2) is 4.79 Å². The number of carbonyl (C=O) groups excluding carboxylic acids is 2. The Kier molecular flexibility index (Phi) is 3.96. The molecule has 0 bridgehead atoms. The van der Waals surface area contributed by atoms with Crippen LogP contribution in [0.1, 0.15) is 13.3 Å². The van der Waals surface area contributed by atoms with Gasteiger partial charge in [-0.1, -0.05) is 6.92 Å². The molecule has 6 heteroatoms. The van der Waals surface area contributed by atoms with Crippen molar-refractivity contribution in [3.8, 4) is 0 Å². The first-order chi connectivity index (χ1) is 8.20. The molecule has 96 valence electrons. The van der Waals surface area contributed by atoms with Crippen molar-refractivity contribution in [2.45, 2.75) is 19.4 Å². The van der Waals surface area contributed by atoms with Crippen molar-refractivity contribution in [3.63, 3.8) is 0 Å². The zero-order chi connectivity index (χ0) is 12.3. The third kappa shape index (κ3) is 2.95. The zero-order valence-electron chi connectivity index (χ0n) is 10.1. The van der Waals surface area contributed by atoms with Gasteiger partial charge >= 0.3 is 6.03 Å². The Labute approximate surface area is 101 Å². The lowest BCUT2D eigenvalue weighted by atomic mass is 10.2. The molecule has 2 aliphatic rings. The van der Waals surface area contributed by atoms with Gasteiger partial charge in [0, 0.05) is 26.2 Å². The molecular formula is C11H19N3O3.